The average molecular weight is 409 g/mol. The minimum Gasteiger partial charge on any atom is -0.462 e. The zero-order chi connectivity index (χ0) is 20.1. The third-order valence-electron chi connectivity index (χ3n) is 4.14. The summed E-state index contributed by atoms with van der Waals surface area (Å²) in [5.41, 5.74) is 1.51. The standard InChI is InChI=1S/C19H19ClFN3O2S/c1-4-26-19(25)14-8-13(9-22)18(27)24(12(14)2)11-23(3)10-15-16(20)6-5-7-17(15)21/h5-8H,4,10-11H2,1-3H3/p+1. The van der Waals surface area contributed by atoms with Crippen molar-refractivity contribution >= 4 is 29.8 Å². The van der Waals surface area contributed by atoms with E-state index in [9.17, 15) is 14.4 Å². The molecule has 1 aromatic carbocycles. The third kappa shape index (κ3) is 4.72. The second kappa shape index (κ2) is 9.09. The first-order chi connectivity index (χ1) is 12.8. The fourth-order valence-electron chi connectivity index (χ4n) is 2.77. The minimum absolute atomic E-state index is 0.218. The van der Waals surface area contributed by atoms with Crippen molar-refractivity contribution in [3.8, 4) is 6.07 Å². The first-order valence-electron chi connectivity index (χ1n) is 8.36. The summed E-state index contributed by atoms with van der Waals surface area (Å²) in [6, 6.07) is 8.03. The second-order valence-electron chi connectivity index (χ2n) is 6.11. The molecule has 0 aliphatic rings. The van der Waals surface area contributed by atoms with E-state index in [1.54, 1.807) is 30.5 Å². The van der Waals surface area contributed by atoms with E-state index in [0.717, 1.165) is 4.90 Å². The first-order valence-corrected chi connectivity index (χ1v) is 9.14. The van der Waals surface area contributed by atoms with Gasteiger partial charge in [0.05, 0.1) is 35.4 Å². The largest absolute Gasteiger partial charge is 0.462 e. The number of halogens is 2. The van der Waals surface area contributed by atoms with Crippen LogP contribution in [0.3, 0.4) is 0 Å². The molecule has 27 heavy (non-hydrogen) atoms. The Kier molecular flexibility index (Phi) is 7.08. The SMILES string of the molecule is CCOC(=O)c1cc(C#N)c(=S)n(C[NH+](C)Cc2c(F)cccc2Cl)c1C. The van der Waals surface area contributed by atoms with E-state index in [1.807, 2.05) is 13.1 Å². The number of nitriles is 1. The van der Waals surface area contributed by atoms with Gasteiger partial charge in [0.25, 0.3) is 0 Å². The van der Waals surface area contributed by atoms with Crippen LogP contribution in [0.4, 0.5) is 4.39 Å². The molecule has 0 aliphatic carbocycles. The number of pyridine rings is 1. The summed E-state index contributed by atoms with van der Waals surface area (Å²) in [5, 5.41) is 9.71. The van der Waals surface area contributed by atoms with Gasteiger partial charge in [0.2, 0.25) is 0 Å². The van der Waals surface area contributed by atoms with Gasteiger partial charge in [-0.05, 0) is 32.0 Å². The van der Waals surface area contributed by atoms with Crippen LogP contribution in [0, 0.1) is 28.7 Å². The maximum absolute atomic E-state index is 14.1. The topological polar surface area (TPSA) is 59.5 Å². The average Bonchev–Trinajstić information content (AvgIpc) is 2.62. The van der Waals surface area contributed by atoms with Gasteiger partial charge in [-0.3, -0.25) is 4.57 Å². The van der Waals surface area contributed by atoms with E-state index in [4.69, 9.17) is 28.6 Å². The molecule has 1 atom stereocenters. The van der Waals surface area contributed by atoms with Gasteiger partial charge in [-0.2, -0.15) is 5.26 Å². The van der Waals surface area contributed by atoms with Crippen molar-refractivity contribution in [3.63, 3.8) is 0 Å². The molecular formula is C19H20ClFN3O2S+. The summed E-state index contributed by atoms with van der Waals surface area (Å²) in [6.45, 7) is 4.33. The molecule has 1 unspecified atom stereocenters. The van der Waals surface area contributed by atoms with Crippen LogP contribution >= 0.6 is 23.8 Å². The summed E-state index contributed by atoms with van der Waals surface area (Å²) >= 11 is 11.5. The van der Waals surface area contributed by atoms with Crippen molar-refractivity contribution in [2.45, 2.75) is 27.1 Å². The van der Waals surface area contributed by atoms with E-state index in [2.05, 4.69) is 0 Å². The molecule has 5 nitrogen and oxygen atoms in total. The van der Waals surface area contributed by atoms with Gasteiger partial charge in [-0.25, -0.2) is 9.18 Å². The Hall–Kier alpha value is -2.27. The van der Waals surface area contributed by atoms with Crippen molar-refractivity contribution < 1.29 is 18.8 Å². The van der Waals surface area contributed by atoms with Crippen molar-refractivity contribution in [2.75, 3.05) is 13.7 Å². The van der Waals surface area contributed by atoms with Gasteiger partial charge in [0.1, 0.15) is 23.1 Å². The number of carbonyl (C=O) groups is 1. The van der Waals surface area contributed by atoms with Crippen molar-refractivity contribution in [1.82, 2.24) is 4.57 Å². The number of hydrogen-bond donors (Lipinski definition) is 1. The molecular weight excluding hydrogens is 389 g/mol. The monoisotopic (exact) mass is 408 g/mol. The maximum Gasteiger partial charge on any atom is 0.339 e. The predicted molar refractivity (Wildman–Crippen MR) is 103 cm³/mol. The van der Waals surface area contributed by atoms with Crippen LogP contribution in [0.15, 0.2) is 24.3 Å². The van der Waals surface area contributed by atoms with Gasteiger partial charge in [-0.1, -0.05) is 29.9 Å². The minimum atomic E-state index is -0.509. The molecule has 0 bridgehead atoms. The first kappa shape index (κ1) is 21.0. The molecule has 0 radical (unpaired) electrons. The Morgan fingerprint density at radius 2 is 2.19 bits per heavy atom. The number of aromatic nitrogens is 1. The quantitative estimate of drug-likeness (QED) is 0.589. The van der Waals surface area contributed by atoms with E-state index in [0.29, 0.717) is 39.7 Å². The molecule has 2 rings (SSSR count). The smallest absolute Gasteiger partial charge is 0.339 e. The van der Waals surface area contributed by atoms with E-state index in [1.165, 1.54) is 12.1 Å². The predicted octanol–water partition coefficient (Wildman–Crippen LogP) is 3.04. The lowest BCUT2D eigenvalue weighted by molar-refractivity contribution is -0.917. The summed E-state index contributed by atoms with van der Waals surface area (Å²) in [5.74, 6) is -0.884. The molecule has 0 spiro atoms. The van der Waals surface area contributed by atoms with Crippen LogP contribution in [0.1, 0.15) is 34.1 Å². The van der Waals surface area contributed by atoms with Crippen LogP contribution in [0.25, 0.3) is 0 Å². The molecule has 0 aliphatic heterocycles. The number of nitrogens with one attached hydrogen (secondary N) is 1. The number of hydrogen-bond acceptors (Lipinski definition) is 4. The summed E-state index contributed by atoms with van der Waals surface area (Å²) < 4.78 is 21.1. The number of carbonyl (C=O) groups excluding carboxylic acids is 1. The van der Waals surface area contributed by atoms with Gasteiger partial charge < -0.3 is 9.64 Å². The Labute approximate surface area is 167 Å². The lowest BCUT2D eigenvalue weighted by atomic mass is 10.1. The number of rotatable bonds is 6. The molecule has 1 N–H and O–H groups in total. The van der Waals surface area contributed by atoms with Crippen molar-refractivity contribution in [1.29, 1.82) is 5.26 Å². The molecule has 8 heteroatoms. The van der Waals surface area contributed by atoms with Crippen LogP contribution in [-0.4, -0.2) is 24.2 Å². The number of nitrogens with zero attached hydrogens (tertiary/aromatic N) is 2. The molecule has 0 fully saturated rings. The van der Waals surface area contributed by atoms with Gasteiger partial charge in [0.15, 0.2) is 6.67 Å². The van der Waals surface area contributed by atoms with Crippen LogP contribution in [-0.2, 0) is 18.0 Å². The fraction of sp³-hybridized carbons (Fsp3) is 0.316. The second-order valence-corrected chi connectivity index (χ2v) is 6.91. The third-order valence-corrected chi connectivity index (χ3v) is 4.94. The van der Waals surface area contributed by atoms with E-state index < -0.39 is 5.97 Å². The van der Waals surface area contributed by atoms with Gasteiger partial charge in [-0.15, -0.1) is 0 Å². The summed E-state index contributed by atoms with van der Waals surface area (Å²) in [6.07, 6.45) is 0. The fourth-order valence-corrected chi connectivity index (χ4v) is 3.30. The zero-order valence-electron chi connectivity index (χ0n) is 15.3. The van der Waals surface area contributed by atoms with Crippen LogP contribution in [0.5, 0.6) is 0 Å². The van der Waals surface area contributed by atoms with Crippen LogP contribution in [0.2, 0.25) is 5.02 Å². The number of ether oxygens (including phenoxy) is 1. The highest BCUT2D eigenvalue weighted by Gasteiger charge is 2.19. The molecule has 0 amide bonds. The van der Waals surface area contributed by atoms with Crippen molar-refractivity contribution in [3.05, 3.63) is 62.1 Å². The molecule has 1 aromatic heterocycles. The summed E-state index contributed by atoms with van der Waals surface area (Å²) in [7, 11) is 1.85. The number of benzene rings is 1. The normalized spacial score (nSPS) is 11.7. The van der Waals surface area contributed by atoms with Crippen LogP contribution < -0.4 is 4.90 Å². The van der Waals surface area contributed by atoms with Gasteiger partial charge in [0, 0.05) is 5.69 Å². The molecule has 1 heterocycles. The summed E-state index contributed by atoms with van der Waals surface area (Å²) in [4.78, 5) is 13.1. The maximum atomic E-state index is 14.1. The number of quaternary nitrogens is 1. The van der Waals surface area contributed by atoms with Crippen molar-refractivity contribution in [2.24, 2.45) is 0 Å². The zero-order valence-corrected chi connectivity index (χ0v) is 16.9. The lowest BCUT2D eigenvalue weighted by Gasteiger charge is -2.20. The Bertz CT molecular complexity index is 948. The van der Waals surface area contributed by atoms with Gasteiger partial charge >= 0.3 is 5.97 Å². The molecule has 142 valence electrons. The number of esters is 1. The Morgan fingerprint density at radius 3 is 2.78 bits per heavy atom. The highest BCUT2D eigenvalue weighted by molar-refractivity contribution is 7.71. The molecule has 2 aromatic rings. The molecule has 0 saturated heterocycles. The lowest BCUT2D eigenvalue weighted by Crippen LogP contribution is -3.07. The molecule has 0 saturated carbocycles. The highest BCUT2D eigenvalue weighted by atomic mass is 35.5. The van der Waals surface area contributed by atoms with E-state index >= 15 is 0 Å². The van der Waals surface area contributed by atoms with E-state index in [-0.39, 0.29) is 18.0 Å². The Morgan fingerprint density at radius 1 is 1.48 bits per heavy atom. The Balaban J connectivity index is 2.40. The highest BCUT2D eigenvalue weighted by Crippen LogP contribution is 2.18.